The van der Waals surface area contributed by atoms with Gasteiger partial charge in [0.1, 0.15) is 17.5 Å². The van der Waals surface area contributed by atoms with Crippen molar-refractivity contribution in [1.82, 2.24) is 9.97 Å². The van der Waals surface area contributed by atoms with Crippen LogP contribution in [0.3, 0.4) is 0 Å². The third-order valence-electron chi connectivity index (χ3n) is 3.67. The number of hydrogen-bond acceptors (Lipinski definition) is 5. The predicted octanol–water partition coefficient (Wildman–Crippen LogP) is 3.26. The number of hydrogen-bond donors (Lipinski definition) is 3. The first-order chi connectivity index (χ1) is 11.8. The largest absolute Gasteiger partial charge is 0.383 e. The highest BCUT2D eigenvalue weighted by Crippen LogP contribution is 2.19. The van der Waals surface area contributed by atoms with Crippen molar-refractivity contribution in [3.8, 4) is 0 Å². The molecule has 3 aromatic rings. The van der Waals surface area contributed by atoms with Crippen LogP contribution in [0.25, 0.3) is 0 Å². The van der Waals surface area contributed by atoms with E-state index in [-0.39, 0.29) is 0 Å². The molecule has 5 heteroatoms. The lowest BCUT2D eigenvalue weighted by atomic mass is 10.1. The van der Waals surface area contributed by atoms with E-state index in [1.807, 2.05) is 60.7 Å². The molecule has 2 aromatic carbocycles. The lowest BCUT2D eigenvalue weighted by molar-refractivity contribution is 0.961. The Bertz CT molecular complexity index is 816. The third kappa shape index (κ3) is 3.76. The SMILES string of the molecule is N=Cc1c(N)nc(Cc2ccccc2)nc1NCc1ccccc1. The van der Waals surface area contributed by atoms with Gasteiger partial charge in [-0.05, 0) is 11.1 Å². The van der Waals surface area contributed by atoms with Crippen molar-refractivity contribution >= 4 is 17.9 Å². The standard InChI is InChI=1S/C19H19N5/c20-12-16-18(21)23-17(11-14-7-3-1-4-8-14)24-19(16)22-13-15-9-5-2-6-10-15/h1-10,12,20H,11,13H2,(H3,21,22,23,24). The van der Waals surface area contributed by atoms with Crippen molar-refractivity contribution in [2.75, 3.05) is 11.1 Å². The van der Waals surface area contributed by atoms with Crippen LogP contribution in [0.2, 0.25) is 0 Å². The summed E-state index contributed by atoms with van der Waals surface area (Å²) in [5.41, 5.74) is 8.78. The molecule has 120 valence electrons. The zero-order valence-corrected chi connectivity index (χ0v) is 13.2. The van der Waals surface area contributed by atoms with Crippen LogP contribution in [0.4, 0.5) is 11.6 Å². The minimum Gasteiger partial charge on any atom is -0.383 e. The number of nitrogens with two attached hydrogens (primary N) is 1. The van der Waals surface area contributed by atoms with Crippen LogP contribution in [0, 0.1) is 5.41 Å². The van der Waals surface area contributed by atoms with Gasteiger partial charge in [0.2, 0.25) is 0 Å². The van der Waals surface area contributed by atoms with Crippen molar-refractivity contribution in [2.45, 2.75) is 13.0 Å². The Morgan fingerprint density at radius 2 is 1.54 bits per heavy atom. The molecule has 0 radical (unpaired) electrons. The third-order valence-corrected chi connectivity index (χ3v) is 3.67. The van der Waals surface area contributed by atoms with Gasteiger partial charge in [0.25, 0.3) is 0 Å². The van der Waals surface area contributed by atoms with E-state index in [0.29, 0.717) is 36.0 Å². The van der Waals surface area contributed by atoms with Gasteiger partial charge < -0.3 is 16.5 Å². The molecule has 1 aromatic heterocycles. The van der Waals surface area contributed by atoms with E-state index in [1.165, 1.54) is 6.21 Å². The minimum absolute atomic E-state index is 0.321. The maximum atomic E-state index is 7.58. The summed E-state index contributed by atoms with van der Waals surface area (Å²) in [5, 5.41) is 10.8. The maximum Gasteiger partial charge on any atom is 0.141 e. The van der Waals surface area contributed by atoms with E-state index >= 15 is 0 Å². The number of nitrogens with zero attached hydrogens (tertiary/aromatic N) is 2. The van der Waals surface area contributed by atoms with E-state index in [2.05, 4.69) is 15.3 Å². The number of rotatable bonds is 6. The first-order valence-electron chi connectivity index (χ1n) is 7.75. The van der Waals surface area contributed by atoms with Crippen molar-refractivity contribution < 1.29 is 0 Å². The Hall–Kier alpha value is -3.21. The first kappa shape index (κ1) is 15.7. The number of nitrogen functional groups attached to an aromatic ring is 1. The topological polar surface area (TPSA) is 87.7 Å². The van der Waals surface area contributed by atoms with Crippen molar-refractivity contribution in [2.24, 2.45) is 0 Å². The quantitative estimate of drug-likeness (QED) is 0.609. The number of aromatic nitrogens is 2. The molecule has 24 heavy (non-hydrogen) atoms. The van der Waals surface area contributed by atoms with E-state index in [9.17, 15) is 0 Å². The second-order valence-corrected chi connectivity index (χ2v) is 5.43. The average molecular weight is 317 g/mol. The monoisotopic (exact) mass is 317 g/mol. The second-order valence-electron chi connectivity index (χ2n) is 5.43. The van der Waals surface area contributed by atoms with Crippen LogP contribution in [-0.4, -0.2) is 16.2 Å². The average Bonchev–Trinajstić information content (AvgIpc) is 2.61. The van der Waals surface area contributed by atoms with Crippen LogP contribution in [0.1, 0.15) is 22.5 Å². The molecule has 4 N–H and O–H groups in total. The summed E-state index contributed by atoms with van der Waals surface area (Å²) in [6.45, 7) is 0.614. The molecule has 0 aliphatic heterocycles. The van der Waals surface area contributed by atoms with E-state index < -0.39 is 0 Å². The molecule has 1 heterocycles. The smallest absolute Gasteiger partial charge is 0.141 e. The summed E-state index contributed by atoms with van der Waals surface area (Å²) < 4.78 is 0. The molecule has 0 saturated carbocycles. The van der Waals surface area contributed by atoms with E-state index in [1.54, 1.807) is 0 Å². The van der Waals surface area contributed by atoms with Gasteiger partial charge in [0.05, 0.1) is 5.56 Å². The molecule has 0 fully saturated rings. The second kappa shape index (κ2) is 7.37. The zero-order valence-electron chi connectivity index (χ0n) is 13.2. The highest BCUT2D eigenvalue weighted by Gasteiger charge is 2.11. The normalized spacial score (nSPS) is 10.3. The van der Waals surface area contributed by atoms with Gasteiger partial charge in [-0.3, -0.25) is 0 Å². The summed E-state index contributed by atoms with van der Waals surface area (Å²) in [5.74, 6) is 1.55. The highest BCUT2D eigenvalue weighted by atomic mass is 15.1. The molecule has 0 spiro atoms. The van der Waals surface area contributed by atoms with Crippen molar-refractivity contribution in [3.05, 3.63) is 83.2 Å². The summed E-state index contributed by atoms with van der Waals surface area (Å²) in [4.78, 5) is 8.89. The molecule has 0 bridgehead atoms. The lowest BCUT2D eigenvalue weighted by Crippen LogP contribution is -2.11. The fraction of sp³-hybridized carbons (Fsp3) is 0.105. The Kier molecular flexibility index (Phi) is 4.81. The minimum atomic E-state index is 0.321. The van der Waals surface area contributed by atoms with Gasteiger partial charge in [0, 0.05) is 19.2 Å². The Balaban J connectivity index is 1.84. The van der Waals surface area contributed by atoms with Crippen LogP contribution in [0.5, 0.6) is 0 Å². The van der Waals surface area contributed by atoms with Crippen molar-refractivity contribution in [1.29, 1.82) is 5.41 Å². The molecule has 0 unspecified atom stereocenters. The van der Waals surface area contributed by atoms with Gasteiger partial charge in [-0.1, -0.05) is 60.7 Å². The number of benzene rings is 2. The van der Waals surface area contributed by atoms with Gasteiger partial charge in [0.15, 0.2) is 0 Å². The summed E-state index contributed by atoms with van der Waals surface area (Å²) in [6.07, 6.45) is 1.79. The Labute approximate surface area is 141 Å². The van der Waals surface area contributed by atoms with Crippen molar-refractivity contribution in [3.63, 3.8) is 0 Å². The summed E-state index contributed by atoms with van der Waals surface area (Å²) in [7, 11) is 0. The predicted molar refractivity (Wildman–Crippen MR) is 97.3 cm³/mol. The maximum absolute atomic E-state index is 7.58. The van der Waals surface area contributed by atoms with Gasteiger partial charge >= 0.3 is 0 Å². The van der Waals surface area contributed by atoms with Crippen LogP contribution in [0.15, 0.2) is 60.7 Å². The first-order valence-corrected chi connectivity index (χ1v) is 7.75. The number of anilines is 2. The summed E-state index contributed by atoms with van der Waals surface area (Å²) >= 11 is 0. The Morgan fingerprint density at radius 3 is 2.17 bits per heavy atom. The molecule has 3 rings (SSSR count). The molecule has 0 atom stereocenters. The molecule has 0 aliphatic carbocycles. The fourth-order valence-corrected chi connectivity index (χ4v) is 2.45. The van der Waals surface area contributed by atoms with E-state index in [4.69, 9.17) is 11.1 Å². The molecule has 0 saturated heterocycles. The van der Waals surface area contributed by atoms with Crippen LogP contribution >= 0.6 is 0 Å². The fourth-order valence-electron chi connectivity index (χ4n) is 2.45. The van der Waals surface area contributed by atoms with Crippen LogP contribution in [-0.2, 0) is 13.0 Å². The lowest BCUT2D eigenvalue weighted by Gasteiger charge is -2.12. The van der Waals surface area contributed by atoms with Gasteiger partial charge in [-0.25, -0.2) is 9.97 Å². The zero-order chi connectivity index (χ0) is 16.8. The number of nitrogens with one attached hydrogen (secondary N) is 2. The molecular weight excluding hydrogens is 298 g/mol. The van der Waals surface area contributed by atoms with E-state index in [0.717, 1.165) is 11.1 Å². The Morgan fingerprint density at radius 1 is 0.917 bits per heavy atom. The van der Waals surface area contributed by atoms with Gasteiger partial charge in [-0.2, -0.15) is 0 Å². The molecule has 0 aliphatic rings. The van der Waals surface area contributed by atoms with Gasteiger partial charge in [-0.15, -0.1) is 0 Å². The molecule has 0 amide bonds. The molecular formula is C19H19N5. The molecule has 5 nitrogen and oxygen atoms in total. The summed E-state index contributed by atoms with van der Waals surface area (Å²) in [6, 6.07) is 20.0. The highest BCUT2D eigenvalue weighted by molar-refractivity contribution is 5.90. The van der Waals surface area contributed by atoms with Crippen LogP contribution < -0.4 is 11.1 Å².